The van der Waals surface area contributed by atoms with Gasteiger partial charge in [0.25, 0.3) is 0 Å². The van der Waals surface area contributed by atoms with E-state index in [1.807, 2.05) is 0 Å². The van der Waals surface area contributed by atoms with Gasteiger partial charge >= 0.3 is 6.01 Å². The molecule has 1 aliphatic carbocycles. The van der Waals surface area contributed by atoms with Crippen molar-refractivity contribution in [2.45, 2.75) is 51.5 Å². The predicted octanol–water partition coefficient (Wildman–Crippen LogP) is 3.08. The van der Waals surface area contributed by atoms with E-state index in [2.05, 4.69) is 26.8 Å². The number of nitrogens with zero attached hydrogens (tertiary/aromatic N) is 4. The Hall–Kier alpha value is -1.10. The average molecular weight is 297 g/mol. The summed E-state index contributed by atoms with van der Waals surface area (Å²) in [6, 6.07) is 0.919. The summed E-state index contributed by atoms with van der Waals surface area (Å²) in [4.78, 5) is 15.1. The third-order valence-electron chi connectivity index (χ3n) is 4.28. The van der Waals surface area contributed by atoms with Crippen LogP contribution in [0.2, 0.25) is 5.28 Å². The molecule has 1 aliphatic heterocycles. The molecule has 1 aromatic heterocycles. The quantitative estimate of drug-likeness (QED) is 0.854. The van der Waals surface area contributed by atoms with Crippen molar-refractivity contribution in [3.63, 3.8) is 0 Å². The summed E-state index contributed by atoms with van der Waals surface area (Å²) in [5.41, 5.74) is 0. The van der Waals surface area contributed by atoms with Crippen molar-refractivity contribution in [1.82, 2.24) is 15.0 Å². The highest BCUT2D eigenvalue weighted by molar-refractivity contribution is 6.28. The van der Waals surface area contributed by atoms with Gasteiger partial charge in [0.1, 0.15) is 0 Å². The average Bonchev–Trinajstić information content (AvgIpc) is 2.88. The molecule has 0 bridgehead atoms. The number of aromatic nitrogens is 3. The first kappa shape index (κ1) is 13.9. The standard InChI is InChI=1S/C14H21ClN4O/c1-2-9-20-14-17-12(15)16-13(18-14)19-8-7-10-5-3-4-6-11(10)19/h10-11H,2-9H2,1H3. The summed E-state index contributed by atoms with van der Waals surface area (Å²) in [5, 5.41) is 0.223. The van der Waals surface area contributed by atoms with Crippen LogP contribution in [0, 0.1) is 5.92 Å². The lowest BCUT2D eigenvalue weighted by Gasteiger charge is -2.31. The number of hydrogen-bond donors (Lipinski definition) is 0. The fourth-order valence-electron chi connectivity index (χ4n) is 3.36. The Morgan fingerprint density at radius 1 is 1.20 bits per heavy atom. The Bertz CT molecular complexity index is 470. The van der Waals surface area contributed by atoms with Crippen molar-refractivity contribution in [2.75, 3.05) is 18.1 Å². The number of ether oxygens (including phenoxy) is 1. The van der Waals surface area contributed by atoms with Gasteiger partial charge in [0.05, 0.1) is 6.61 Å². The molecule has 2 aliphatic rings. The van der Waals surface area contributed by atoms with Crippen LogP contribution in [0.5, 0.6) is 6.01 Å². The van der Waals surface area contributed by atoms with Crippen LogP contribution in [-0.4, -0.2) is 34.1 Å². The summed E-state index contributed by atoms with van der Waals surface area (Å²) < 4.78 is 5.50. The molecule has 0 spiro atoms. The van der Waals surface area contributed by atoms with Crippen LogP contribution in [-0.2, 0) is 0 Å². The molecule has 2 unspecified atom stereocenters. The minimum Gasteiger partial charge on any atom is -0.463 e. The fourth-order valence-corrected chi connectivity index (χ4v) is 3.51. The Labute approximate surface area is 124 Å². The summed E-state index contributed by atoms with van der Waals surface area (Å²) in [6.45, 7) is 3.67. The maximum absolute atomic E-state index is 6.01. The molecule has 20 heavy (non-hydrogen) atoms. The second-order valence-electron chi connectivity index (χ2n) is 5.63. The number of rotatable bonds is 4. The molecule has 3 rings (SSSR count). The zero-order chi connectivity index (χ0) is 13.9. The Morgan fingerprint density at radius 2 is 2.05 bits per heavy atom. The van der Waals surface area contributed by atoms with Crippen molar-refractivity contribution < 1.29 is 4.74 Å². The van der Waals surface area contributed by atoms with Gasteiger partial charge in [-0.2, -0.15) is 15.0 Å². The molecule has 5 nitrogen and oxygen atoms in total. The van der Waals surface area contributed by atoms with E-state index in [1.54, 1.807) is 0 Å². The van der Waals surface area contributed by atoms with Gasteiger partial charge in [0, 0.05) is 12.6 Å². The number of hydrogen-bond acceptors (Lipinski definition) is 5. The SMILES string of the molecule is CCCOc1nc(Cl)nc(N2CCC3CCCCC32)n1. The fraction of sp³-hybridized carbons (Fsp3) is 0.786. The van der Waals surface area contributed by atoms with Gasteiger partial charge in [0.15, 0.2) is 0 Å². The molecule has 0 aromatic carbocycles. The van der Waals surface area contributed by atoms with Crippen molar-refractivity contribution >= 4 is 17.5 Å². The van der Waals surface area contributed by atoms with E-state index in [4.69, 9.17) is 16.3 Å². The Morgan fingerprint density at radius 3 is 2.90 bits per heavy atom. The van der Waals surface area contributed by atoms with Crippen LogP contribution in [0.1, 0.15) is 45.4 Å². The normalized spacial score (nSPS) is 25.6. The van der Waals surface area contributed by atoms with Gasteiger partial charge < -0.3 is 9.64 Å². The Balaban J connectivity index is 1.80. The van der Waals surface area contributed by atoms with Gasteiger partial charge in [0.2, 0.25) is 11.2 Å². The lowest BCUT2D eigenvalue weighted by molar-refractivity contribution is 0.290. The van der Waals surface area contributed by atoms with Crippen molar-refractivity contribution in [1.29, 1.82) is 0 Å². The lowest BCUT2D eigenvalue weighted by atomic mass is 9.85. The van der Waals surface area contributed by atoms with Gasteiger partial charge in [-0.05, 0) is 43.2 Å². The van der Waals surface area contributed by atoms with Crippen LogP contribution in [0.15, 0.2) is 0 Å². The number of fused-ring (bicyclic) bond motifs is 1. The van der Waals surface area contributed by atoms with E-state index in [-0.39, 0.29) is 5.28 Å². The highest BCUT2D eigenvalue weighted by atomic mass is 35.5. The van der Waals surface area contributed by atoms with E-state index in [1.165, 1.54) is 32.1 Å². The molecular formula is C14H21ClN4O. The third kappa shape index (κ3) is 2.82. The molecule has 2 heterocycles. The van der Waals surface area contributed by atoms with Gasteiger partial charge in [-0.25, -0.2) is 0 Å². The van der Waals surface area contributed by atoms with Gasteiger partial charge in [-0.15, -0.1) is 0 Å². The summed E-state index contributed by atoms with van der Waals surface area (Å²) in [7, 11) is 0. The van der Waals surface area contributed by atoms with E-state index in [9.17, 15) is 0 Å². The van der Waals surface area contributed by atoms with Gasteiger partial charge in [-0.1, -0.05) is 19.8 Å². The predicted molar refractivity (Wildman–Crippen MR) is 78.3 cm³/mol. The lowest BCUT2D eigenvalue weighted by Crippen LogP contribution is -2.36. The summed E-state index contributed by atoms with van der Waals surface area (Å²) in [6.07, 6.45) is 7.39. The molecule has 1 saturated carbocycles. The monoisotopic (exact) mass is 296 g/mol. The molecule has 0 radical (unpaired) electrons. The summed E-state index contributed by atoms with van der Waals surface area (Å²) >= 11 is 6.01. The Kier molecular flexibility index (Phi) is 4.24. The first-order valence-corrected chi connectivity index (χ1v) is 7.96. The third-order valence-corrected chi connectivity index (χ3v) is 4.45. The first-order chi connectivity index (χ1) is 9.78. The van der Waals surface area contributed by atoms with E-state index < -0.39 is 0 Å². The molecule has 0 N–H and O–H groups in total. The van der Waals surface area contributed by atoms with E-state index in [0.29, 0.717) is 24.6 Å². The maximum Gasteiger partial charge on any atom is 0.322 e. The van der Waals surface area contributed by atoms with Crippen LogP contribution in [0.4, 0.5) is 5.95 Å². The first-order valence-electron chi connectivity index (χ1n) is 7.59. The van der Waals surface area contributed by atoms with E-state index >= 15 is 0 Å². The van der Waals surface area contributed by atoms with E-state index in [0.717, 1.165) is 18.9 Å². The molecule has 2 atom stereocenters. The van der Waals surface area contributed by atoms with Crippen LogP contribution < -0.4 is 9.64 Å². The minimum atomic E-state index is 0.223. The summed E-state index contributed by atoms with van der Waals surface area (Å²) in [5.74, 6) is 1.48. The van der Waals surface area contributed by atoms with Crippen LogP contribution in [0.3, 0.4) is 0 Å². The molecule has 2 fully saturated rings. The zero-order valence-electron chi connectivity index (χ0n) is 11.9. The topological polar surface area (TPSA) is 51.1 Å². The molecule has 0 amide bonds. The number of halogens is 1. The van der Waals surface area contributed by atoms with Crippen LogP contribution >= 0.6 is 11.6 Å². The zero-order valence-corrected chi connectivity index (χ0v) is 12.6. The second kappa shape index (κ2) is 6.12. The number of anilines is 1. The molecular weight excluding hydrogens is 276 g/mol. The smallest absolute Gasteiger partial charge is 0.322 e. The highest BCUT2D eigenvalue weighted by Crippen LogP contribution is 2.38. The highest BCUT2D eigenvalue weighted by Gasteiger charge is 2.37. The van der Waals surface area contributed by atoms with Crippen molar-refractivity contribution in [3.05, 3.63) is 5.28 Å². The minimum absolute atomic E-state index is 0.223. The van der Waals surface area contributed by atoms with Crippen molar-refractivity contribution in [2.24, 2.45) is 5.92 Å². The van der Waals surface area contributed by atoms with Crippen LogP contribution in [0.25, 0.3) is 0 Å². The molecule has 6 heteroatoms. The molecule has 110 valence electrons. The molecule has 1 saturated heterocycles. The maximum atomic E-state index is 6.01. The van der Waals surface area contributed by atoms with Crippen molar-refractivity contribution in [3.8, 4) is 6.01 Å². The molecule has 1 aromatic rings. The largest absolute Gasteiger partial charge is 0.463 e. The van der Waals surface area contributed by atoms with Gasteiger partial charge in [-0.3, -0.25) is 0 Å². The second-order valence-corrected chi connectivity index (χ2v) is 5.97.